The lowest BCUT2D eigenvalue weighted by atomic mass is 10.2. The van der Waals surface area contributed by atoms with Crippen LogP contribution in [0.15, 0.2) is 24.3 Å². The van der Waals surface area contributed by atoms with E-state index < -0.39 is 11.7 Å². The zero-order valence-corrected chi connectivity index (χ0v) is 12.3. The monoisotopic (exact) mass is 302 g/mol. The number of amides is 1. The minimum Gasteiger partial charge on any atom is -0.325 e. The van der Waals surface area contributed by atoms with Gasteiger partial charge in [-0.1, -0.05) is 13.8 Å². The molecule has 0 atom stereocenters. The fourth-order valence-corrected chi connectivity index (χ4v) is 2.05. The Morgan fingerprint density at radius 2 is 1.62 bits per heavy atom. The Kier molecular flexibility index (Phi) is 6.68. The number of alkyl halides is 3. The first kappa shape index (κ1) is 17.5. The van der Waals surface area contributed by atoms with Crippen molar-refractivity contribution in [3.63, 3.8) is 0 Å². The number of anilines is 1. The highest BCUT2D eigenvalue weighted by molar-refractivity contribution is 5.92. The van der Waals surface area contributed by atoms with E-state index in [0.717, 1.165) is 38.1 Å². The van der Waals surface area contributed by atoms with E-state index in [1.807, 2.05) is 18.7 Å². The van der Waals surface area contributed by atoms with Gasteiger partial charge >= 0.3 is 6.18 Å². The van der Waals surface area contributed by atoms with Crippen molar-refractivity contribution in [3.8, 4) is 0 Å². The van der Waals surface area contributed by atoms with Gasteiger partial charge in [-0.15, -0.1) is 0 Å². The Hall–Kier alpha value is -1.56. The SMILES string of the molecule is CCCN(CCC)CC(=O)Nc1ccc(C(F)(F)F)cc1. The number of nitrogens with zero attached hydrogens (tertiary/aromatic N) is 1. The predicted molar refractivity (Wildman–Crippen MR) is 77.1 cm³/mol. The lowest BCUT2D eigenvalue weighted by Gasteiger charge is -2.20. The number of rotatable bonds is 7. The quantitative estimate of drug-likeness (QED) is 0.831. The molecule has 0 aliphatic carbocycles. The van der Waals surface area contributed by atoms with Gasteiger partial charge in [0.25, 0.3) is 0 Å². The topological polar surface area (TPSA) is 32.3 Å². The van der Waals surface area contributed by atoms with Crippen molar-refractivity contribution in [2.45, 2.75) is 32.9 Å². The average molecular weight is 302 g/mol. The third-order valence-corrected chi connectivity index (χ3v) is 2.94. The van der Waals surface area contributed by atoms with Crippen LogP contribution in [-0.4, -0.2) is 30.4 Å². The molecule has 0 bridgehead atoms. The lowest BCUT2D eigenvalue weighted by molar-refractivity contribution is -0.137. The molecule has 0 aliphatic heterocycles. The van der Waals surface area contributed by atoms with E-state index in [1.54, 1.807) is 0 Å². The average Bonchev–Trinajstić information content (AvgIpc) is 2.38. The fourth-order valence-electron chi connectivity index (χ4n) is 2.05. The van der Waals surface area contributed by atoms with Crippen LogP contribution in [-0.2, 0) is 11.0 Å². The number of nitrogens with one attached hydrogen (secondary N) is 1. The molecule has 0 heterocycles. The Bertz CT molecular complexity index is 437. The number of hydrogen-bond acceptors (Lipinski definition) is 2. The molecule has 0 saturated carbocycles. The fraction of sp³-hybridized carbons (Fsp3) is 0.533. The third-order valence-electron chi connectivity index (χ3n) is 2.94. The smallest absolute Gasteiger partial charge is 0.325 e. The first-order valence-corrected chi connectivity index (χ1v) is 7.06. The number of carbonyl (C=O) groups is 1. The van der Waals surface area contributed by atoms with Crippen LogP contribution in [0, 0.1) is 0 Å². The number of hydrogen-bond donors (Lipinski definition) is 1. The van der Waals surface area contributed by atoms with Gasteiger partial charge < -0.3 is 5.32 Å². The largest absolute Gasteiger partial charge is 0.416 e. The van der Waals surface area contributed by atoms with E-state index in [0.29, 0.717) is 5.69 Å². The summed E-state index contributed by atoms with van der Waals surface area (Å²) in [5, 5.41) is 2.62. The summed E-state index contributed by atoms with van der Waals surface area (Å²) < 4.78 is 37.3. The summed E-state index contributed by atoms with van der Waals surface area (Å²) in [6.07, 6.45) is -2.46. The molecule has 0 unspecified atom stereocenters. The van der Waals surface area contributed by atoms with Crippen molar-refractivity contribution in [2.24, 2.45) is 0 Å². The molecule has 0 aliphatic rings. The van der Waals surface area contributed by atoms with Crippen LogP contribution in [0.25, 0.3) is 0 Å². The van der Waals surface area contributed by atoms with E-state index in [-0.39, 0.29) is 12.5 Å². The van der Waals surface area contributed by atoms with Crippen molar-refractivity contribution in [3.05, 3.63) is 29.8 Å². The van der Waals surface area contributed by atoms with Gasteiger partial charge in [-0.3, -0.25) is 9.69 Å². The maximum Gasteiger partial charge on any atom is 0.416 e. The highest BCUT2D eigenvalue weighted by atomic mass is 19.4. The van der Waals surface area contributed by atoms with Gasteiger partial charge in [0.05, 0.1) is 12.1 Å². The van der Waals surface area contributed by atoms with E-state index >= 15 is 0 Å². The first-order valence-electron chi connectivity index (χ1n) is 7.06. The van der Waals surface area contributed by atoms with Crippen LogP contribution < -0.4 is 5.32 Å². The molecule has 0 radical (unpaired) electrons. The first-order chi connectivity index (χ1) is 9.86. The van der Waals surface area contributed by atoms with Gasteiger partial charge in [-0.05, 0) is 50.2 Å². The standard InChI is InChI=1S/C15H21F3N2O/c1-3-9-20(10-4-2)11-14(21)19-13-7-5-12(6-8-13)15(16,17)18/h5-8H,3-4,9-11H2,1-2H3,(H,19,21). The van der Waals surface area contributed by atoms with Crippen molar-refractivity contribution < 1.29 is 18.0 Å². The van der Waals surface area contributed by atoms with E-state index in [1.165, 1.54) is 12.1 Å². The maximum absolute atomic E-state index is 12.4. The van der Waals surface area contributed by atoms with Gasteiger partial charge in [0.2, 0.25) is 5.91 Å². The van der Waals surface area contributed by atoms with E-state index in [4.69, 9.17) is 0 Å². The van der Waals surface area contributed by atoms with Gasteiger partial charge in [-0.2, -0.15) is 13.2 Å². The second kappa shape index (κ2) is 8.02. The molecule has 6 heteroatoms. The molecule has 0 aromatic heterocycles. The van der Waals surface area contributed by atoms with Crippen molar-refractivity contribution in [1.29, 1.82) is 0 Å². The van der Waals surface area contributed by atoms with Crippen LogP contribution in [0.5, 0.6) is 0 Å². The van der Waals surface area contributed by atoms with Crippen molar-refractivity contribution in [2.75, 3.05) is 25.0 Å². The summed E-state index contributed by atoms with van der Waals surface area (Å²) in [7, 11) is 0. The summed E-state index contributed by atoms with van der Waals surface area (Å²) in [4.78, 5) is 13.9. The van der Waals surface area contributed by atoms with Crippen LogP contribution in [0.1, 0.15) is 32.3 Å². The molecule has 1 aromatic rings. The molecule has 118 valence electrons. The van der Waals surface area contributed by atoms with Gasteiger partial charge in [0.1, 0.15) is 0 Å². The molecule has 0 fully saturated rings. The molecule has 1 N–H and O–H groups in total. The molecule has 1 rings (SSSR count). The lowest BCUT2D eigenvalue weighted by Crippen LogP contribution is -2.34. The van der Waals surface area contributed by atoms with E-state index in [9.17, 15) is 18.0 Å². The normalized spacial score (nSPS) is 11.7. The minimum atomic E-state index is -4.36. The Morgan fingerprint density at radius 1 is 1.10 bits per heavy atom. The van der Waals surface area contributed by atoms with E-state index in [2.05, 4.69) is 5.32 Å². The Balaban J connectivity index is 2.58. The molecule has 0 saturated heterocycles. The highest BCUT2D eigenvalue weighted by Gasteiger charge is 2.29. The van der Waals surface area contributed by atoms with Crippen LogP contribution >= 0.6 is 0 Å². The van der Waals surface area contributed by atoms with Crippen LogP contribution in [0.4, 0.5) is 18.9 Å². The van der Waals surface area contributed by atoms with Gasteiger partial charge in [0, 0.05) is 5.69 Å². The zero-order valence-electron chi connectivity index (χ0n) is 12.3. The van der Waals surface area contributed by atoms with Gasteiger partial charge in [0.15, 0.2) is 0 Å². The molecule has 3 nitrogen and oxygen atoms in total. The van der Waals surface area contributed by atoms with Crippen molar-refractivity contribution >= 4 is 11.6 Å². The van der Waals surface area contributed by atoms with Crippen LogP contribution in [0.3, 0.4) is 0 Å². The summed E-state index contributed by atoms with van der Waals surface area (Å²) in [5.41, 5.74) is -0.347. The zero-order chi connectivity index (χ0) is 15.9. The highest BCUT2D eigenvalue weighted by Crippen LogP contribution is 2.29. The molecule has 21 heavy (non-hydrogen) atoms. The predicted octanol–water partition coefficient (Wildman–Crippen LogP) is 3.77. The summed E-state index contributed by atoms with van der Waals surface area (Å²) >= 11 is 0. The molecule has 0 spiro atoms. The number of carbonyl (C=O) groups excluding carboxylic acids is 1. The second-order valence-electron chi connectivity index (χ2n) is 4.90. The van der Waals surface area contributed by atoms with Crippen LogP contribution in [0.2, 0.25) is 0 Å². The van der Waals surface area contributed by atoms with Crippen molar-refractivity contribution in [1.82, 2.24) is 4.90 Å². The Labute approximate surface area is 123 Å². The second-order valence-corrected chi connectivity index (χ2v) is 4.90. The summed E-state index contributed by atoms with van der Waals surface area (Å²) in [6, 6.07) is 4.46. The Morgan fingerprint density at radius 3 is 2.05 bits per heavy atom. The number of halogens is 3. The minimum absolute atomic E-state index is 0.211. The summed E-state index contributed by atoms with van der Waals surface area (Å²) in [6.45, 7) is 5.98. The maximum atomic E-state index is 12.4. The third kappa shape index (κ3) is 6.16. The molecular formula is C15H21F3N2O. The summed E-state index contributed by atoms with van der Waals surface area (Å²) in [5.74, 6) is -0.211. The molecular weight excluding hydrogens is 281 g/mol. The van der Waals surface area contributed by atoms with Gasteiger partial charge in [-0.25, -0.2) is 0 Å². The molecule has 1 amide bonds. The number of benzene rings is 1. The molecule has 1 aromatic carbocycles.